The molecule has 0 spiro atoms. The van der Waals surface area contributed by atoms with Crippen LogP contribution in [0.3, 0.4) is 0 Å². The van der Waals surface area contributed by atoms with Gasteiger partial charge in [-0.25, -0.2) is 0 Å². The van der Waals surface area contributed by atoms with Crippen molar-refractivity contribution in [2.24, 2.45) is 9.98 Å². The summed E-state index contributed by atoms with van der Waals surface area (Å²) in [4.78, 5) is 8.47. The first-order valence-corrected chi connectivity index (χ1v) is 10.2. The predicted octanol–water partition coefficient (Wildman–Crippen LogP) is 6.13. The van der Waals surface area contributed by atoms with E-state index in [-0.39, 0.29) is 5.75 Å². The molecule has 0 saturated heterocycles. The summed E-state index contributed by atoms with van der Waals surface area (Å²) >= 11 is 0. The zero-order chi connectivity index (χ0) is 23.7. The van der Waals surface area contributed by atoms with Crippen molar-refractivity contribution in [1.29, 1.82) is 0 Å². The summed E-state index contributed by atoms with van der Waals surface area (Å²) in [7, 11) is 1.62. The highest BCUT2D eigenvalue weighted by Crippen LogP contribution is 2.24. The Morgan fingerprint density at radius 3 is 2.19 bits per heavy atom. The summed E-state index contributed by atoms with van der Waals surface area (Å²) in [5.41, 5.74) is 5.74. The third-order valence-corrected chi connectivity index (χ3v) is 4.58. The average Bonchev–Trinajstić information content (AvgIpc) is 3.18. The lowest BCUT2D eigenvalue weighted by Crippen LogP contribution is -2.28. The Bertz CT molecular complexity index is 1000. The topological polar surface area (TPSA) is 46.0 Å². The van der Waals surface area contributed by atoms with E-state index in [1.807, 2.05) is 13.0 Å². The molecule has 3 rings (SSSR count). The molecule has 0 aliphatic carbocycles. The molecule has 2 aromatic rings. The van der Waals surface area contributed by atoms with Gasteiger partial charge in [0, 0.05) is 12.7 Å². The average molecular weight is 444 g/mol. The van der Waals surface area contributed by atoms with Crippen molar-refractivity contribution in [3.8, 4) is 5.75 Å². The van der Waals surface area contributed by atoms with Crippen molar-refractivity contribution in [2.45, 2.75) is 33.6 Å². The van der Waals surface area contributed by atoms with Crippen LogP contribution in [0.4, 0.5) is 13.2 Å². The minimum absolute atomic E-state index is 0.280. The molecule has 0 saturated carbocycles. The predicted molar refractivity (Wildman–Crippen MR) is 125 cm³/mol. The minimum Gasteiger partial charge on any atom is -0.406 e. The SMILES string of the molecule is C=C(NC(=NC)C1=NCC(C)=C1)c1ccc(OC(F)(F)F)cc1.CCc1ccc(C)cc1. The largest absolute Gasteiger partial charge is 0.573 e. The molecule has 0 bridgehead atoms. The van der Waals surface area contributed by atoms with Gasteiger partial charge in [-0.05, 0) is 67.3 Å². The lowest BCUT2D eigenvalue weighted by molar-refractivity contribution is -0.274. The quantitative estimate of drug-likeness (QED) is 0.446. The first-order valence-electron chi connectivity index (χ1n) is 10.2. The van der Waals surface area contributed by atoms with E-state index in [0.717, 1.165) is 17.7 Å². The summed E-state index contributed by atoms with van der Waals surface area (Å²) in [5, 5.41) is 3.03. The number of hydrogen-bond donors (Lipinski definition) is 1. The van der Waals surface area contributed by atoms with Crippen LogP contribution in [-0.2, 0) is 6.42 Å². The maximum Gasteiger partial charge on any atom is 0.573 e. The van der Waals surface area contributed by atoms with Crippen molar-refractivity contribution in [2.75, 3.05) is 13.6 Å². The highest BCUT2D eigenvalue weighted by atomic mass is 19.4. The van der Waals surface area contributed by atoms with Gasteiger partial charge in [0.2, 0.25) is 0 Å². The van der Waals surface area contributed by atoms with Crippen molar-refractivity contribution >= 4 is 17.2 Å². The number of alkyl halides is 3. The summed E-state index contributed by atoms with van der Waals surface area (Å²) in [6.07, 6.45) is -1.65. The summed E-state index contributed by atoms with van der Waals surface area (Å²) in [5.74, 6) is 0.277. The van der Waals surface area contributed by atoms with Crippen LogP contribution in [0.1, 0.15) is 30.5 Å². The summed E-state index contributed by atoms with van der Waals surface area (Å²) in [6, 6.07) is 14.1. The number of rotatable bonds is 5. The highest BCUT2D eigenvalue weighted by molar-refractivity contribution is 6.47. The number of aliphatic imine (C=N–C) groups is 2. The third kappa shape index (κ3) is 8.06. The molecule has 0 radical (unpaired) electrons. The second kappa shape index (κ2) is 11.3. The van der Waals surface area contributed by atoms with Gasteiger partial charge in [-0.15, -0.1) is 13.2 Å². The molecule has 7 heteroatoms. The van der Waals surface area contributed by atoms with Gasteiger partial charge in [-0.3, -0.25) is 9.98 Å². The second-order valence-electron chi connectivity index (χ2n) is 7.28. The number of halogens is 3. The normalized spacial score (nSPS) is 13.5. The maximum absolute atomic E-state index is 12.1. The first kappa shape index (κ1) is 24.9. The Morgan fingerprint density at radius 2 is 1.72 bits per heavy atom. The fourth-order valence-corrected chi connectivity index (χ4v) is 2.81. The third-order valence-electron chi connectivity index (χ3n) is 4.58. The molecule has 1 aliphatic heterocycles. The maximum atomic E-state index is 12.1. The van der Waals surface area contributed by atoms with Crippen LogP contribution in [0.15, 0.2) is 76.7 Å². The molecule has 1 aliphatic rings. The van der Waals surface area contributed by atoms with E-state index < -0.39 is 6.36 Å². The molecule has 1 N–H and O–H groups in total. The van der Waals surface area contributed by atoms with Gasteiger partial charge in [0.1, 0.15) is 11.5 Å². The molecule has 4 nitrogen and oxygen atoms in total. The first-order chi connectivity index (χ1) is 15.1. The van der Waals surface area contributed by atoms with Gasteiger partial charge in [0.15, 0.2) is 5.84 Å². The Balaban J connectivity index is 0.000000336. The van der Waals surface area contributed by atoms with E-state index >= 15 is 0 Å². The zero-order valence-electron chi connectivity index (χ0n) is 18.8. The lowest BCUT2D eigenvalue weighted by atomic mass is 10.1. The Kier molecular flexibility index (Phi) is 8.81. The van der Waals surface area contributed by atoms with Crippen molar-refractivity contribution in [3.05, 3.63) is 83.4 Å². The fourth-order valence-electron chi connectivity index (χ4n) is 2.81. The van der Waals surface area contributed by atoms with Gasteiger partial charge >= 0.3 is 6.36 Å². The monoisotopic (exact) mass is 443 g/mol. The molecule has 0 atom stereocenters. The molecular formula is C25H28F3N3O. The molecule has 2 aromatic carbocycles. The van der Waals surface area contributed by atoms with Crippen molar-refractivity contribution in [3.63, 3.8) is 0 Å². The van der Waals surface area contributed by atoms with Gasteiger partial charge in [-0.2, -0.15) is 0 Å². The Morgan fingerprint density at radius 1 is 1.09 bits per heavy atom. The fraction of sp³-hybridized carbons (Fsp3) is 0.280. The van der Waals surface area contributed by atoms with Crippen LogP contribution in [0.5, 0.6) is 5.75 Å². The van der Waals surface area contributed by atoms with Crippen LogP contribution in [-0.4, -0.2) is 31.5 Å². The van der Waals surface area contributed by atoms with Crippen LogP contribution in [0.25, 0.3) is 5.70 Å². The molecule has 0 unspecified atom stereocenters. The molecule has 32 heavy (non-hydrogen) atoms. The van der Waals surface area contributed by atoms with Gasteiger partial charge in [0.25, 0.3) is 0 Å². The number of nitrogens with one attached hydrogen (secondary N) is 1. The standard InChI is InChI=1S/C16H16F3N3O.C9H12/c1-10-8-14(21-9-10)15(20-3)22-11(2)12-4-6-13(7-5-12)23-16(17,18)19;1-3-9-6-4-8(2)5-7-9/h4-8H,2,9H2,1,3H3,(H,20,22);4-7H,3H2,1-2H3. The van der Waals surface area contributed by atoms with E-state index in [9.17, 15) is 13.2 Å². The summed E-state index contributed by atoms with van der Waals surface area (Å²) < 4.78 is 40.2. The Hall–Kier alpha value is -3.35. The van der Waals surface area contributed by atoms with Crippen LogP contribution in [0.2, 0.25) is 0 Å². The van der Waals surface area contributed by atoms with Crippen LogP contribution in [0, 0.1) is 6.92 Å². The molecule has 0 fully saturated rings. The van der Waals surface area contributed by atoms with E-state index in [0.29, 0.717) is 23.6 Å². The number of amidine groups is 1. The highest BCUT2D eigenvalue weighted by Gasteiger charge is 2.31. The van der Waals surface area contributed by atoms with E-state index in [4.69, 9.17) is 0 Å². The number of hydrogen-bond acceptors (Lipinski definition) is 3. The molecule has 170 valence electrons. The number of aryl methyl sites for hydroxylation is 2. The van der Waals surface area contributed by atoms with Crippen LogP contribution >= 0.6 is 0 Å². The molecular weight excluding hydrogens is 415 g/mol. The number of ether oxygens (including phenoxy) is 1. The van der Waals surface area contributed by atoms with Crippen molar-refractivity contribution in [1.82, 2.24) is 5.32 Å². The van der Waals surface area contributed by atoms with E-state index in [2.05, 4.69) is 64.7 Å². The Labute approximate surface area is 187 Å². The second-order valence-corrected chi connectivity index (χ2v) is 7.28. The number of benzene rings is 2. The smallest absolute Gasteiger partial charge is 0.406 e. The lowest BCUT2D eigenvalue weighted by Gasteiger charge is -2.13. The molecule has 1 heterocycles. The van der Waals surface area contributed by atoms with E-state index in [1.165, 1.54) is 35.4 Å². The zero-order valence-corrected chi connectivity index (χ0v) is 18.8. The van der Waals surface area contributed by atoms with Gasteiger partial charge < -0.3 is 10.1 Å². The number of nitrogens with zero attached hydrogens (tertiary/aromatic N) is 2. The van der Waals surface area contributed by atoms with Crippen LogP contribution < -0.4 is 10.1 Å². The minimum atomic E-state index is -4.70. The van der Waals surface area contributed by atoms with Crippen molar-refractivity contribution < 1.29 is 17.9 Å². The summed E-state index contributed by atoms with van der Waals surface area (Å²) in [6.45, 7) is 10.8. The van der Waals surface area contributed by atoms with E-state index in [1.54, 1.807) is 7.05 Å². The van der Waals surface area contributed by atoms with Gasteiger partial charge in [0.05, 0.1) is 6.54 Å². The molecule has 0 aromatic heterocycles. The van der Waals surface area contributed by atoms with Gasteiger partial charge in [-0.1, -0.05) is 43.3 Å². The molecule has 0 amide bonds.